The molecule has 102 valence electrons. The van der Waals surface area contributed by atoms with Crippen LogP contribution >= 0.6 is 0 Å². The van der Waals surface area contributed by atoms with E-state index in [1.54, 1.807) is 4.40 Å². The number of hydrogen-bond donors (Lipinski definition) is 2. The number of nitrogens with zero attached hydrogens (tertiary/aromatic N) is 5. The number of amides is 1. The summed E-state index contributed by atoms with van der Waals surface area (Å²) in [6.07, 6.45) is 2.48. The Kier molecular flexibility index (Phi) is 2.90. The van der Waals surface area contributed by atoms with Gasteiger partial charge in [-0.3, -0.25) is 14.5 Å². The molecule has 8 heteroatoms. The van der Waals surface area contributed by atoms with Gasteiger partial charge in [0.1, 0.15) is 11.3 Å². The third-order valence-electron chi connectivity index (χ3n) is 3.04. The van der Waals surface area contributed by atoms with Gasteiger partial charge < -0.3 is 0 Å². The van der Waals surface area contributed by atoms with Crippen molar-refractivity contribution in [1.82, 2.24) is 30.0 Å². The van der Waals surface area contributed by atoms with Crippen LogP contribution in [0.5, 0.6) is 0 Å². The molecule has 0 fully saturated rings. The lowest BCUT2D eigenvalue weighted by atomic mass is 10.2. The van der Waals surface area contributed by atoms with Gasteiger partial charge in [0.25, 0.3) is 11.9 Å². The van der Waals surface area contributed by atoms with Crippen LogP contribution in [0.15, 0.2) is 18.3 Å². The number of carbonyl (C=O) groups is 1. The minimum absolute atomic E-state index is 0.139. The summed E-state index contributed by atoms with van der Waals surface area (Å²) < 4.78 is 1.78. The molecule has 0 atom stereocenters. The standard InChI is InChI=1S/C12H13N7O/c1-3-8-9(11(20)14-12-15-17-18-16-12)19-6-4-5-7(2)10(19)13-8/h4-6H,3H2,1-2H3,(H2,14,15,16,17,18,20). The number of aryl methyl sites for hydroxylation is 2. The molecule has 2 N–H and O–H groups in total. The zero-order valence-electron chi connectivity index (χ0n) is 11.1. The molecular formula is C12H13N7O. The fourth-order valence-electron chi connectivity index (χ4n) is 2.11. The van der Waals surface area contributed by atoms with Gasteiger partial charge in [-0.15, -0.1) is 5.10 Å². The first-order valence-electron chi connectivity index (χ1n) is 6.22. The van der Waals surface area contributed by atoms with Gasteiger partial charge in [0.2, 0.25) is 0 Å². The molecule has 0 radical (unpaired) electrons. The zero-order valence-corrected chi connectivity index (χ0v) is 11.1. The van der Waals surface area contributed by atoms with Gasteiger partial charge in [0.15, 0.2) is 0 Å². The summed E-state index contributed by atoms with van der Waals surface area (Å²) in [4.78, 5) is 16.9. The maximum atomic E-state index is 12.4. The Bertz CT molecular complexity index is 760. The van der Waals surface area contributed by atoms with E-state index in [4.69, 9.17) is 0 Å². The van der Waals surface area contributed by atoms with Crippen molar-refractivity contribution in [3.8, 4) is 0 Å². The van der Waals surface area contributed by atoms with Crippen molar-refractivity contribution in [2.24, 2.45) is 0 Å². The second-order valence-electron chi connectivity index (χ2n) is 4.34. The van der Waals surface area contributed by atoms with Crippen LogP contribution in [-0.2, 0) is 6.42 Å². The minimum Gasteiger partial charge on any atom is -0.295 e. The van der Waals surface area contributed by atoms with Crippen LogP contribution < -0.4 is 5.32 Å². The molecule has 20 heavy (non-hydrogen) atoms. The summed E-state index contributed by atoms with van der Waals surface area (Å²) in [5, 5.41) is 15.7. The van der Waals surface area contributed by atoms with Crippen LogP contribution in [0.4, 0.5) is 5.95 Å². The fraction of sp³-hybridized carbons (Fsp3) is 0.250. The largest absolute Gasteiger partial charge is 0.295 e. The normalized spacial score (nSPS) is 10.9. The molecule has 0 unspecified atom stereocenters. The van der Waals surface area contributed by atoms with Crippen LogP contribution in [0, 0.1) is 6.92 Å². The number of anilines is 1. The van der Waals surface area contributed by atoms with E-state index in [9.17, 15) is 4.79 Å². The summed E-state index contributed by atoms with van der Waals surface area (Å²) >= 11 is 0. The van der Waals surface area contributed by atoms with Gasteiger partial charge in [-0.05, 0) is 30.2 Å². The molecule has 3 aromatic heterocycles. The molecule has 1 amide bonds. The highest BCUT2D eigenvalue weighted by atomic mass is 16.2. The predicted octanol–water partition coefficient (Wildman–Crippen LogP) is 0.971. The SMILES string of the molecule is CCc1nc2c(C)cccn2c1C(=O)Nc1nn[nH]n1. The molecule has 0 aromatic carbocycles. The second-order valence-corrected chi connectivity index (χ2v) is 4.34. The summed E-state index contributed by atoms with van der Waals surface area (Å²) in [5.74, 6) is -0.166. The van der Waals surface area contributed by atoms with E-state index in [1.165, 1.54) is 0 Å². The Morgan fingerprint density at radius 3 is 3.05 bits per heavy atom. The predicted molar refractivity (Wildman–Crippen MR) is 71.4 cm³/mol. The summed E-state index contributed by atoms with van der Waals surface area (Å²) in [7, 11) is 0. The van der Waals surface area contributed by atoms with Gasteiger partial charge in [-0.25, -0.2) is 4.98 Å². The van der Waals surface area contributed by atoms with E-state index in [1.807, 2.05) is 32.2 Å². The molecule has 3 heterocycles. The van der Waals surface area contributed by atoms with Crippen LogP contribution in [0.2, 0.25) is 0 Å². The summed E-state index contributed by atoms with van der Waals surface area (Å²) in [5.41, 5.74) is 3.03. The molecule has 0 bridgehead atoms. The topological polar surface area (TPSA) is 101 Å². The third kappa shape index (κ3) is 1.91. The zero-order chi connectivity index (χ0) is 14.1. The monoisotopic (exact) mass is 271 g/mol. The van der Waals surface area contributed by atoms with E-state index in [-0.39, 0.29) is 11.9 Å². The molecule has 0 saturated heterocycles. The Morgan fingerprint density at radius 2 is 2.35 bits per heavy atom. The van der Waals surface area contributed by atoms with E-state index >= 15 is 0 Å². The quantitative estimate of drug-likeness (QED) is 0.739. The molecular weight excluding hydrogens is 258 g/mol. The Morgan fingerprint density at radius 1 is 1.50 bits per heavy atom. The Hall–Kier alpha value is -2.77. The fourth-order valence-corrected chi connectivity index (χ4v) is 2.11. The number of pyridine rings is 1. The van der Waals surface area contributed by atoms with E-state index < -0.39 is 0 Å². The van der Waals surface area contributed by atoms with Crippen molar-refractivity contribution < 1.29 is 4.79 Å². The lowest BCUT2D eigenvalue weighted by Gasteiger charge is -2.03. The Balaban J connectivity index is 2.09. The van der Waals surface area contributed by atoms with Crippen LogP contribution in [0.1, 0.15) is 28.7 Å². The van der Waals surface area contributed by atoms with Gasteiger partial charge in [0, 0.05) is 6.20 Å². The minimum atomic E-state index is -0.304. The Labute approximate surface area is 114 Å². The number of aromatic nitrogens is 6. The highest BCUT2D eigenvalue weighted by molar-refractivity contribution is 6.03. The van der Waals surface area contributed by atoms with Crippen molar-refractivity contribution in [3.05, 3.63) is 35.3 Å². The molecule has 0 spiro atoms. The maximum Gasteiger partial charge on any atom is 0.277 e. The highest BCUT2D eigenvalue weighted by Crippen LogP contribution is 2.17. The number of carbonyl (C=O) groups excluding carboxylic acids is 1. The lowest BCUT2D eigenvalue weighted by Crippen LogP contribution is -2.17. The average Bonchev–Trinajstić information content (AvgIpc) is 3.05. The van der Waals surface area contributed by atoms with Crippen molar-refractivity contribution in [1.29, 1.82) is 0 Å². The van der Waals surface area contributed by atoms with Crippen molar-refractivity contribution >= 4 is 17.5 Å². The first kappa shape index (κ1) is 12.3. The first-order valence-corrected chi connectivity index (χ1v) is 6.22. The van der Waals surface area contributed by atoms with Crippen LogP contribution in [0.3, 0.4) is 0 Å². The second kappa shape index (κ2) is 4.72. The van der Waals surface area contributed by atoms with Crippen molar-refractivity contribution in [2.45, 2.75) is 20.3 Å². The number of tetrazole rings is 1. The van der Waals surface area contributed by atoms with Crippen molar-refractivity contribution in [2.75, 3.05) is 5.32 Å². The highest BCUT2D eigenvalue weighted by Gasteiger charge is 2.20. The summed E-state index contributed by atoms with van der Waals surface area (Å²) in [6, 6.07) is 3.84. The maximum absolute atomic E-state index is 12.4. The molecule has 3 rings (SSSR count). The third-order valence-corrected chi connectivity index (χ3v) is 3.04. The van der Waals surface area contributed by atoms with Gasteiger partial charge in [-0.2, -0.15) is 5.21 Å². The number of nitrogens with one attached hydrogen (secondary N) is 2. The van der Waals surface area contributed by atoms with E-state index in [2.05, 4.69) is 30.9 Å². The number of rotatable bonds is 3. The van der Waals surface area contributed by atoms with Crippen molar-refractivity contribution in [3.63, 3.8) is 0 Å². The first-order chi connectivity index (χ1) is 9.70. The van der Waals surface area contributed by atoms with Crippen LogP contribution in [0.25, 0.3) is 5.65 Å². The van der Waals surface area contributed by atoms with Gasteiger partial charge >= 0.3 is 0 Å². The molecule has 0 aliphatic carbocycles. The van der Waals surface area contributed by atoms with Gasteiger partial charge in [0.05, 0.1) is 5.69 Å². The van der Waals surface area contributed by atoms with E-state index in [0.29, 0.717) is 12.1 Å². The number of hydrogen-bond acceptors (Lipinski definition) is 5. The molecule has 3 aromatic rings. The number of H-pyrrole nitrogens is 1. The van der Waals surface area contributed by atoms with Gasteiger partial charge in [-0.1, -0.05) is 18.1 Å². The molecule has 0 aliphatic rings. The number of fused-ring (bicyclic) bond motifs is 1. The number of imidazole rings is 1. The molecule has 8 nitrogen and oxygen atoms in total. The summed E-state index contributed by atoms with van der Waals surface area (Å²) in [6.45, 7) is 3.92. The van der Waals surface area contributed by atoms with E-state index in [0.717, 1.165) is 16.9 Å². The lowest BCUT2D eigenvalue weighted by molar-refractivity contribution is 0.101. The molecule has 0 saturated carbocycles. The average molecular weight is 271 g/mol. The smallest absolute Gasteiger partial charge is 0.277 e. The molecule has 0 aliphatic heterocycles. The van der Waals surface area contributed by atoms with Crippen LogP contribution in [-0.4, -0.2) is 35.9 Å². The number of aromatic amines is 1.